The molecule has 0 heterocycles. The topological polar surface area (TPSA) is 12.0 Å². The van der Waals surface area contributed by atoms with Crippen molar-refractivity contribution >= 4 is 0 Å². The summed E-state index contributed by atoms with van der Waals surface area (Å²) in [5.41, 5.74) is 0.410. The minimum atomic E-state index is -0.773. The Labute approximate surface area is 94.9 Å². The molecule has 1 nitrogen and oxygen atoms in total. The van der Waals surface area contributed by atoms with Gasteiger partial charge in [0, 0.05) is 17.6 Å². The lowest BCUT2D eigenvalue weighted by Crippen LogP contribution is -2.31. The van der Waals surface area contributed by atoms with Crippen molar-refractivity contribution in [3.8, 4) is 0 Å². The van der Waals surface area contributed by atoms with Crippen LogP contribution in [0.2, 0.25) is 0 Å². The van der Waals surface area contributed by atoms with E-state index in [1.807, 2.05) is 6.92 Å². The van der Waals surface area contributed by atoms with Crippen LogP contribution in [0.25, 0.3) is 0 Å². The van der Waals surface area contributed by atoms with Gasteiger partial charge in [-0.3, -0.25) is 0 Å². The minimum Gasteiger partial charge on any atom is -0.307 e. The Balaban J connectivity index is 2.07. The first-order chi connectivity index (χ1) is 7.59. The maximum atomic E-state index is 13.5. The summed E-state index contributed by atoms with van der Waals surface area (Å²) >= 11 is 0. The average molecular weight is 225 g/mol. The van der Waals surface area contributed by atoms with E-state index in [1.165, 1.54) is 12.8 Å². The second-order valence-corrected chi connectivity index (χ2v) is 4.66. The van der Waals surface area contributed by atoms with Gasteiger partial charge in [0.2, 0.25) is 0 Å². The van der Waals surface area contributed by atoms with Gasteiger partial charge in [0.1, 0.15) is 0 Å². The first-order valence-electron chi connectivity index (χ1n) is 5.79. The summed E-state index contributed by atoms with van der Waals surface area (Å²) in [6.07, 6.45) is 2.49. The molecule has 2 rings (SSSR count). The van der Waals surface area contributed by atoms with E-state index in [0.29, 0.717) is 17.5 Å². The lowest BCUT2D eigenvalue weighted by Gasteiger charge is -2.20. The minimum absolute atomic E-state index is 0.147. The molecule has 1 aromatic rings. The van der Waals surface area contributed by atoms with Gasteiger partial charge in [-0.1, -0.05) is 12.1 Å². The summed E-state index contributed by atoms with van der Waals surface area (Å²) in [6.45, 7) is 3.97. The number of benzene rings is 1. The second kappa shape index (κ2) is 4.50. The summed E-state index contributed by atoms with van der Waals surface area (Å²) in [7, 11) is 0. The smallest absolute Gasteiger partial charge is 0.163 e. The van der Waals surface area contributed by atoms with Gasteiger partial charge >= 0.3 is 0 Å². The fourth-order valence-electron chi connectivity index (χ4n) is 2.07. The molecule has 2 unspecified atom stereocenters. The van der Waals surface area contributed by atoms with Crippen molar-refractivity contribution in [3.05, 3.63) is 35.4 Å². The maximum absolute atomic E-state index is 13.5. The van der Waals surface area contributed by atoms with E-state index >= 15 is 0 Å². The molecule has 1 aliphatic rings. The molecule has 0 spiro atoms. The number of rotatable bonds is 4. The largest absolute Gasteiger partial charge is 0.307 e. The number of hydrogen-bond donors (Lipinski definition) is 1. The third-order valence-corrected chi connectivity index (χ3v) is 3.29. The molecule has 88 valence electrons. The molecule has 0 aliphatic heterocycles. The van der Waals surface area contributed by atoms with Gasteiger partial charge in [-0.15, -0.1) is 0 Å². The van der Waals surface area contributed by atoms with E-state index < -0.39 is 11.6 Å². The average Bonchev–Trinajstić information content (AvgIpc) is 3.05. The van der Waals surface area contributed by atoms with Crippen molar-refractivity contribution in [2.24, 2.45) is 5.92 Å². The van der Waals surface area contributed by atoms with E-state index in [1.54, 1.807) is 12.1 Å². The molecule has 0 saturated heterocycles. The Hall–Kier alpha value is -0.960. The SMILES string of the molecule is CC(NC(C)C1CC1)c1cccc(F)c1F. The highest BCUT2D eigenvalue weighted by Crippen LogP contribution is 2.33. The van der Waals surface area contributed by atoms with Gasteiger partial charge in [-0.2, -0.15) is 0 Å². The van der Waals surface area contributed by atoms with Crippen LogP contribution in [-0.2, 0) is 0 Å². The first-order valence-corrected chi connectivity index (χ1v) is 5.79. The lowest BCUT2D eigenvalue weighted by atomic mass is 10.1. The fourth-order valence-corrected chi connectivity index (χ4v) is 2.07. The Kier molecular flexibility index (Phi) is 3.24. The molecule has 3 heteroatoms. The second-order valence-electron chi connectivity index (χ2n) is 4.66. The molecule has 1 N–H and O–H groups in total. The van der Waals surface area contributed by atoms with E-state index in [0.717, 1.165) is 6.07 Å². The summed E-state index contributed by atoms with van der Waals surface area (Å²) in [5, 5.41) is 3.32. The molecule has 1 fully saturated rings. The maximum Gasteiger partial charge on any atom is 0.163 e. The highest BCUT2D eigenvalue weighted by molar-refractivity contribution is 5.22. The van der Waals surface area contributed by atoms with Gasteiger partial charge in [0.15, 0.2) is 11.6 Å². The molecule has 0 aromatic heterocycles. The van der Waals surface area contributed by atoms with Crippen molar-refractivity contribution in [1.82, 2.24) is 5.32 Å². The van der Waals surface area contributed by atoms with Crippen LogP contribution in [0.3, 0.4) is 0 Å². The molecule has 1 saturated carbocycles. The van der Waals surface area contributed by atoms with Crippen LogP contribution >= 0.6 is 0 Å². The van der Waals surface area contributed by atoms with Crippen LogP contribution in [-0.4, -0.2) is 6.04 Å². The van der Waals surface area contributed by atoms with Crippen molar-refractivity contribution in [1.29, 1.82) is 0 Å². The molecule has 1 aliphatic carbocycles. The van der Waals surface area contributed by atoms with Crippen molar-refractivity contribution in [2.75, 3.05) is 0 Å². The number of hydrogen-bond acceptors (Lipinski definition) is 1. The molecule has 2 atom stereocenters. The Morgan fingerprint density at radius 3 is 2.56 bits per heavy atom. The van der Waals surface area contributed by atoms with Crippen LogP contribution in [0.5, 0.6) is 0 Å². The predicted octanol–water partition coefficient (Wildman–Crippen LogP) is 3.41. The first kappa shape index (κ1) is 11.5. The molecular formula is C13H17F2N. The summed E-state index contributed by atoms with van der Waals surface area (Å²) in [5.74, 6) is -0.796. The van der Waals surface area contributed by atoms with Crippen LogP contribution < -0.4 is 5.32 Å². The zero-order valence-electron chi connectivity index (χ0n) is 9.63. The molecule has 0 bridgehead atoms. The number of nitrogens with one attached hydrogen (secondary N) is 1. The third kappa shape index (κ3) is 2.40. The number of halogens is 2. The fraction of sp³-hybridized carbons (Fsp3) is 0.538. The lowest BCUT2D eigenvalue weighted by molar-refractivity contribution is 0.419. The van der Waals surface area contributed by atoms with E-state index in [4.69, 9.17) is 0 Å². The highest BCUT2D eigenvalue weighted by atomic mass is 19.2. The standard InChI is InChI=1S/C13H17F2N/c1-8(10-6-7-10)16-9(2)11-4-3-5-12(14)13(11)15/h3-5,8-10,16H,6-7H2,1-2H3. The molecule has 1 aromatic carbocycles. The summed E-state index contributed by atoms with van der Waals surface area (Å²) < 4.78 is 26.5. The van der Waals surface area contributed by atoms with E-state index in [9.17, 15) is 8.78 Å². The summed E-state index contributed by atoms with van der Waals surface area (Å²) in [6, 6.07) is 4.56. The quantitative estimate of drug-likeness (QED) is 0.828. The Morgan fingerprint density at radius 2 is 1.94 bits per heavy atom. The summed E-state index contributed by atoms with van der Waals surface area (Å²) in [4.78, 5) is 0. The van der Waals surface area contributed by atoms with Crippen molar-refractivity contribution in [3.63, 3.8) is 0 Å². The van der Waals surface area contributed by atoms with Gasteiger partial charge in [-0.25, -0.2) is 8.78 Å². The van der Waals surface area contributed by atoms with E-state index in [-0.39, 0.29) is 6.04 Å². The van der Waals surface area contributed by atoms with Gasteiger partial charge in [0.25, 0.3) is 0 Å². The monoisotopic (exact) mass is 225 g/mol. The highest BCUT2D eigenvalue weighted by Gasteiger charge is 2.29. The van der Waals surface area contributed by atoms with Crippen LogP contribution in [0.4, 0.5) is 8.78 Å². The molecule has 0 radical (unpaired) electrons. The van der Waals surface area contributed by atoms with E-state index in [2.05, 4.69) is 12.2 Å². The molecular weight excluding hydrogens is 208 g/mol. The van der Waals surface area contributed by atoms with Crippen LogP contribution in [0.1, 0.15) is 38.3 Å². The molecule has 16 heavy (non-hydrogen) atoms. The Morgan fingerprint density at radius 1 is 1.25 bits per heavy atom. The van der Waals surface area contributed by atoms with Crippen molar-refractivity contribution < 1.29 is 8.78 Å². The Bertz CT molecular complexity index is 374. The van der Waals surface area contributed by atoms with Gasteiger partial charge in [-0.05, 0) is 38.7 Å². The third-order valence-electron chi connectivity index (χ3n) is 3.29. The predicted molar refractivity (Wildman–Crippen MR) is 60.1 cm³/mol. The van der Waals surface area contributed by atoms with Gasteiger partial charge in [0.05, 0.1) is 0 Å². The van der Waals surface area contributed by atoms with Crippen LogP contribution in [0.15, 0.2) is 18.2 Å². The van der Waals surface area contributed by atoms with Crippen LogP contribution in [0, 0.1) is 17.6 Å². The zero-order valence-corrected chi connectivity index (χ0v) is 9.63. The normalized spacial score (nSPS) is 19.5. The van der Waals surface area contributed by atoms with Crippen molar-refractivity contribution in [2.45, 2.75) is 38.8 Å². The van der Waals surface area contributed by atoms with Gasteiger partial charge < -0.3 is 5.32 Å². The molecule has 0 amide bonds. The zero-order chi connectivity index (χ0) is 11.7.